The lowest BCUT2D eigenvalue weighted by molar-refractivity contribution is -0.132. The van der Waals surface area contributed by atoms with E-state index in [0.717, 1.165) is 37.5 Å². The highest BCUT2D eigenvalue weighted by Crippen LogP contribution is 2.20. The Labute approximate surface area is 122 Å². The molecule has 1 unspecified atom stereocenters. The fourth-order valence-electron chi connectivity index (χ4n) is 2.77. The van der Waals surface area contributed by atoms with Gasteiger partial charge in [-0.3, -0.25) is 4.79 Å². The molecule has 3 nitrogen and oxygen atoms in total. The van der Waals surface area contributed by atoms with Crippen LogP contribution in [-0.4, -0.2) is 29.9 Å². The van der Waals surface area contributed by atoms with Crippen molar-refractivity contribution in [3.8, 4) is 0 Å². The maximum absolute atomic E-state index is 12.5. The number of likely N-dealkylation sites (tertiary alicyclic amines) is 1. The number of carbonyl (C=O) groups is 1. The number of hydrogen-bond donors (Lipinski definition) is 1. The number of amides is 1. The van der Waals surface area contributed by atoms with Gasteiger partial charge >= 0.3 is 0 Å². The van der Waals surface area contributed by atoms with Gasteiger partial charge in [-0.05, 0) is 51.2 Å². The van der Waals surface area contributed by atoms with Crippen LogP contribution in [0.25, 0.3) is 0 Å². The Bertz CT molecular complexity index is 476. The zero-order valence-corrected chi connectivity index (χ0v) is 13.1. The van der Waals surface area contributed by atoms with Crippen LogP contribution in [0.2, 0.25) is 0 Å². The Balaban J connectivity index is 1.97. The first-order valence-electron chi connectivity index (χ1n) is 7.60. The molecule has 1 fully saturated rings. The third kappa shape index (κ3) is 3.53. The zero-order valence-electron chi connectivity index (χ0n) is 13.1. The minimum absolute atomic E-state index is 0.162. The summed E-state index contributed by atoms with van der Waals surface area (Å²) in [4.78, 5) is 14.5. The van der Waals surface area contributed by atoms with Crippen molar-refractivity contribution in [2.45, 2.75) is 46.6 Å². The van der Waals surface area contributed by atoms with E-state index in [4.69, 9.17) is 0 Å². The number of benzene rings is 1. The number of hydrogen-bond acceptors (Lipinski definition) is 2. The maximum Gasteiger partial charge on any atom is 0.244 e. The fourth-order valence-corrected chi connectivity index (χ4v) is 2.77. The van der Waals surface area contributed by atoms with Gasteiger partial charge in [-0.2, -0.15) is 0 Å². The average molecular weight is 274 g/mol. The highest BCUT2D eigenvalue weighted by molar-refractivity contribution is 5.84. The van der Waals surface area contributed by atoms with Crippen molar-refractivity contribution >= 4 is 11.6 Å². The molecule has 1 aromatic rings. The van der Waals surface area contributed by atoms with Crippen LogP contribution >= 0.6 is 0 Å². The molecule has 0 radical (unpaired) electrons. The summed E-state index contributed by atoms with van der Waals surface area (Å²) in [6, 6.07) is 6.12. The van der Waals surface area contributed by atoms with Crippen molar-refractivity contribution in [2.75, 3.05) is 18.4 Å². The highest BCUT2D eigenvalue weighted by Gasteiger charge is 2.24. The molecule has 1 N–H and O–H groups in total. The Morgan fingerprint density at radius 1 is 1.30 bits per heavy atom. The lowest BCUT2D eigenvalue weighted by atomic mass is 9.99. The minimum Gasteiger partial charge on any atom is -0.374 e. The molecule has 1 aliphatic heterocycles. The molecule has 0 aliphatic carbocycles. The Hall–Kier alpha value is -1.51. The molecule has 2 rings (SSSR count). The number of carbonyl (C=O) groups excluding carboxylic acids is 1. The summed E-state index contributed by atoms with van der Waals surface area (Å²) in [5, 5.41) is 3.35. The van der Waals surface area contributed by atoms with Crippen LogP contribution < -0.4 is 5.32 Å². The zero-order chi connectivity index (χ0) is 14.7. The van der Waals surface area contributed by atoms with Gasteiger partial charge < -0.3 is 10.2 Å². The molecule has 0 aromatic heterocycles. The van der Waals surface area contributed by atoms with E-state index in [1.807, 2.05) is 11.8 Å². The highest BCUT2D eigenvalue weighted by atomic mass is 16.2. The van der Waals surface area contributed by atoms with Crippen molar-refractivity contribution in [3.63, 3.8) is 0 Å². The third-order valence-electron chi connectivity index (χ3n) is 4.22. The summed E-state index contributed by atoms with van der Waals surface area (Å²) in [6.07, 6.45) is 2.25. The van der Waals surface area contributed by atoms with Crippen molar-refractivity contribution < 1.29 is 4.79 Å². The molecular weight excluding hydrogens is 248 g/mol. The predicted octanol–water partition coefficient (Wildman–Crippen LogP) is 3.36. The van der Waals surface area contributed by atoms with E-state index >= 15 is 0 Å². The van der Waals surface area contributed by atoms with Gasteiger partial charge in [-0.25, -0.2) is 0 Å². The van der Waals surface area contributed by atoms with Gasteiger partial charge in [0.25, 0.3) is 0 Å². The maximum atomic E-state index is 12.5. The molecule has 3 heteroatoms. The molecule has 1 aromatic carbocycles. The number of piperidine rings is 1. The second-order valence-corrected chi connectivity index (χ2v) is 6.19. The Morgan fingerprint density at radius 2 is 1.95 bits per heavy atom. The molecule has 1 amide bonds. The molecule has 0 saturated carbocycles. The summed E-state index contributed by atoms with van der Waals surface area (Å²) in [5.74, 6) is 0.971. The number of rotatable bonds is 3. The molecule has 0 bridgehead atoms. The molecule has 1 aliphatic rings. The number of anilines is 1. The quantitative estimate of drug-likeness (QED) is 0.916. The van der Waals surface area contributed by atoms with E-state index in [1.54, 1.807) is 0 Å². The standard InChI is InChI=1S/C17H26N2O/c1-12-7-9-19(10-8-12)17(20)15(4)18-16-6-5-13(2)11-14(16)3/h5-6,11-12,15,18H,7-10H2,1-4H3. The van der Waals surface area contributed by atoms with Crippen LogP contribution in [0.4, 0.5) is 5.69 Å². The molecule has 1 saturated heterocycles. The normalized spacial score (nSPS) is 17.9. The summed E-state index contributed by atoms with van der Waals surface area (Å²) < 4.78 is 0. The second-order valence-electron chi connectivity index (χ2n) is 6.19. The van der Waals surface area contributed by atoms with E-state index in [9.17, 15) is 4.79 Å². The first-order valence-corrected chi connectivity index (χ1v) is 7.60. The van der Waals surface area contributed by atoms with E-state index < -0.39 is 0 Å². The number of aryl methyl sites for hydroxylation is 2. The van der Waals surface area contributed by atoms with Gasteiger partial charge in [0.2, 0.25) is 5.91 Å². The van der Waals surface area contributed by atoms with E-state index in [1.165, 1.54) is 11.1 Å². The van der Waals surface area contributed by atoms with Crippen LogP contribution in [0.1, 0.15) is 37.8 Å². The fraction of sp³-hybridized carbons (Fsp3) is 0.588. The second kappa shape index (κ2) is 6.29. The van der Waals surface area contributed by atoms with Crippen LogP contribution in [0.5, 0.6) is 0 Å². The Kier molecular flexibility index (Phi) is 4.69. The molecule has 0 spiro atoms. The van der Waals surface area contributed by atoms with Crippen LogP contribution in [-0.2, 0) is 4.79 Å². The third-order valence-corrected chi connectivity index (χ3v) is 4.22. The van der Waals surface area contributed by atoms with Crippen molar-refractivity contribution in [1.82, 2.24) is 4.90 Å². The first kappa shape index (κ1) is 14.9. The van der Waals surface area contributed by atoms with Gasteiger partial charge in [-0.15, -0.1) is 0 Å². The van der Waals surface area contributed by atoms with Crippen molar-refractivity contribution in [1.29, 1.82) is 0 Å². The Morgan fingerprint density at radius 3 is 2.55 bits per heavy atom. The van der Waals surface area contributed by atoms with Crippen LogP contribution in [0.15, 0.2) is 18.2 Å². The van der Waals surface area contributed by atoms with E-state index in [0.29, 0.717) is 0 Å². The first-order chi connectivity index (χ1) is 9.47. The average Bonchev–Trinajstić information content (AvgIpc) is 2.42. The summed E-state index contributed by atoms with van der Waals surface area (Å²) >= 11 is 0. The number of nitrogens with zero attached hydrogens (tertiary/aromatic N) is 1. The monoisotopic (exact) mass is 274 g/mol. The lowest BCUT2D eigenvalue weighted by Gasteiger charge is -2.32. The summed E-state index contributed by atoms with van der Waals surface area (Å²) in [5.41, 5.74) is 3.50. The molecule has 110 valence electrons. The van der Waals surface area contributed by atoms with Gasteiger partial charge in [0.05, 0.1) is 0 Å². The molecular formula is C17H26N2O. The van der Waals surface area contributed by atoms with Gasteiger partial charge in [0, 0.05) is 18.8 Å². The topological polar surface area (TPSA) is 32.3 Å². The van der Waals surface area contributed by atoms with E-state index in [2.05, 4.69) is 44.3 Å². The lowest BCUT2D eigenvalue weighted by Crippen LogP contribution is -2.45. The van der Waals surface area contributed by atoms with Gasteiger partial charge in [0.15, 0.2) is 0 Å². The van der Waals surface area contributed by atoms with Crippen molar-refractivity contribution in [3.05, 3.63) is 29.3 Å². The van der Waals surface area contributed by atoms with Crippen LogP contribution in [0, 0.1) is 19.8 Å². The largest absolute Gasteiger partial charge is 0.374 e. The number of nitrogens with one attached hydrogen (secondary N) is 1. The van der Waals surface area contributed by atoms with Crippen LogP contribution in [0.3, 0.4) is 0 Å². The van der Waals surface area contributed by atoms with Crippen molar-refractivity contribution in [2.24, 2.45) is 5.92 Å². The van der Waals surface area contributed by atoms with Gasteiger partial charge in [0.1, 0.15) is 6.04 Å². The molecule has 1 atom stereocenters. The summed E-state index contributed by atoms with van der Waals surface area (Å²) in [7, 11) is 0. The molecule has 20 heavy (non-hydrogen) atoms. The predicted molar refractivity (Wildman–Crippen MR) is 84.0 cm³/mol. The SMILES string of the molecule is Cc1ccc(NC(C)C(=O)N2CCC(C)CC2)c(C)c1. The van der Waals surface area contributed by atoms with Gasteiger partial charge in [-0.1, -0.05) is 24.6 Å². The smallest absolute Gasteiger partial charge is 0.244 e. The minimum atomic E-state index is -0.162. The molecule has 1 heterocycles. The summed E-state index contributed by atoms with van der Waals surface area (Å²) in [6.45, 7) is 10.2. The van der Waals surface area contributed by atoms with E-state index in [-0.39, 0.29) is 11.9 Å².